The lowest BCUT2D eigenvalue weighted by atomic mass is 9.68. The molecule has 1 saturated heterocycles. The summed E-state index contributed by atoms with van der Waals surface area (Å²) in [6.07, 6.45) is -5.25. The Balaban J connectivity index is 1.97. The topological polar surface area (TPSA) is 73.7 Å². The first-order valence-electron chi connectivity index (χ1n) is 7.49. The summed E-state index contributed by atoms with van der Waals surface area (Å²) in [5.74, 6) is 0. The smallest absolute Gasteiger partial charge is 0.416 e. The summed E-state index contributed by atoms with van der Waals surface area (Å²) < 4.78 is 38.3. The fraction of sp³-hybridized carbons (Fsp3) is 0.294. The fourth-order valence-electron chi connectivity index (χ4n) is 3.10. The molecule has 1 fully saturated rings. The highest BCUT2D eigenvalue weighted by molar-refractivity contribution is 5.67. The number of aromatic nitrogens is 1. The number of carbonyl (C=O) groups is 1. The number of alkyl halides is 3. The van der Waals surface area contributed by atoms with Crippen LogP contribution in [-0.4, -0.2) is 39.3 Å². The standard InChI is InChI=1S/C17H15F3N2O3/c18-17(19,20)12-6-4-11(5-7-12)16(9-22(10-16)15(24)25)14(23)13-3-1-2-8-21-13/h1-8,14,23H,9-10H2,(H,24,25). The maximum absolute atomic E-state index is 12.8. The molecule has 132 valence electrons. The van der Waals surface area contributed by atoms with Gasteiger partial charge in [-0.05, 0) is 29.8 Å². The second-order valence-electron chi connectivity index (χ2n) is 6.03. The molecule has 1 aliphatic heterocycles. The van der Waals surface area contributed by atoms with Crippen molar-refractivity contribution in [1.29, 1.82) is 0 Å². The van der Waals surface area contributed by atoms with Crippen molar-refractivity contribution in [2.24, 2.45) is 0 Å². The Morgan fingerprint density at radius 3 is 2.28 bits per heavy atom. The highest BCUT2D eigenvalue weighted by Crippen LogP contribution is 2.45. The number of pyridine rings is 1. The quantitative estimate of drug-likeness (QED) is 0.890. The van der Waals surface area contributed by atoms with Crippen LogP contribution in [0.4, 0.5) is 18.0 Å². The van der Waals surface area contributed by atoms with Crippen LogP contribution < -0.4 is 0 Å². The van der Waals surface area contributed by atoms with Gasteiger partial charge in [0.25, 0.3) is 0 Å². The van der Waals surface area contributed by atoms with Gasteiger partial charge < -0.3 is 15.1 Å². The largest absolute Gasteiger partial charge is 0.465 e. The molecule has 1 atom stereocenters. The molecule has 25 heavy (non-hydrogen) atoms. The van der Waals surface area contributed by atoms with Crippen LogP contribution in [0.5, 0.6) is 0 Å². The molecule has 0 saturated carbocycles. The molecule has 0 bridgehead atoms. The number of rotatable bonds is 3. The summed E-state index contributed by atoms with van der Waals surface area (Å²) in [6, 6.07) is 9.39. The van der Waals surface area contributed by atoms with Gasteiger partial charge in [0.05, 0.1) is 16.7 Å². The van der Waals surface area contributed by atoms with E-state index < -0.39 is 29.4 Å². The predicted molar refractivity (Wildman–Crippen MR) is 81.9 cm³/mol. The van der Waals surface area contributed by atoms with Crippen LogP contribution in [0.3, 0.4) is 0 Å². The molecule has 8 heteroatoms. The lowest BCUT2D eigenvalue weighted by molar-refractivity contribution is -0.137. The van der Waals surface area contributed by atoms with Crippen LogP contribution in [0.2, 0.25) is 0 Å². The molecule has 2 heterocycles. The van der Waals surface area contributed by atoms with Gasteiger partial charge in [-0.15, -0.1) is 0 Å². The van der Waals surface area contributed by atoms with E-state index in [0.717, 1.165) is 17.0 Å². The minimum absolute atomic E-state index is 0.0224. The number of amides is 1. The van der Waals surface area contributed by atoms with Crippen molar-refractivity contribution in [2.75, 3.05) is 13.1 Å². The third-order valence-corrected chi connectivity index (χ3v) is 4.50. The third kappa shape index (κ3) is 3.05. The first-order chi connectivity index (χ1) is 11.7. The van der Waals surface area contributed by atoms with Gasteiger partial charge in [-0.3, -0.25) is 4.98 Å². The zero-order chi connectivity index (χ0) is 18.2. The van der Waals surface area contributed by atoms with E-state index in [0.29, 0.717) is 11.3 Å². The number of aliphatic hydroxyl groups excluding tert-OH is 1. The molecule has 0 radical (unpaired) electrons. The predicted octanol–water partition coefficient (Wildman–Crippen LogP) is 3.07. The molecule has 5 nitrogen and oxygen atoms in total. The number of nitrogens with zero attached hydrogens (tertiary/aromatic N) is 2. The first kappa shape index (κ1) is 17.2. The summed E-state index contributed by atoms with van der Waals surface area (Å²) in [7, 11) is 0. The molecule has 1 unspecified atom stereocenters. The monoisotopic (exact) mass is 352 g/mol. The zero-order valence-electron chi connectivity index (χ0n) is 12.9. The molecule has 2 N–H and O–H groups in total. The summed E-state index contributed by atoms with van der Waals surface area (Å²) >= 11 is 0. The van der Waals surface area contributed by atoms with E-state index in [-0.39, 0.29) is 13.1 Å². The van der Waals surface area contributed by atoms with Gasteiger partial charge in [0, 0.05) is 19.3 Å². The Kier molecular flexibility index (Phi) is 4.16. The van der Waals surface area contributed by atoms with Crippen molar-refractivity contribution in [3.63, 3.8) is 0 Å². The van der Waals surface area contributed by atoms with Crippen LogP contribution in [-0.2, 0) is 11.6 Å². The molecule has 1 aromatic carbocycles. The average Bonchev–Trinajstić information content (AvgIpc) is 2.54. The molecular formula is C17H15F3N2O3. The number of benzene rings is 1. The van der Waals surface area contributed by atoms with Gasteiger partial charge in [-0.25, -0.2) is 4.79 Å². The maximum Gasteiger partial charge on any atom is 0.416 e. The Labute approximate surface area is 141 Å². The molecule has 1 aliphatic rings. The minimum Gasteiger partial charge on any atom is -0.465 e. The second-order valence-corrected chi connectivity index (χ2v) is 6.03. The number of aliphatic hydroxyl groups is 1. The van der Waals surface area contributed by atoms with Crippen molar-refractivity contribution in [1.82, 2.24) is 9.88 Å². The van der Waals surface area contributed by atoms with Gasteiger partial charge in [-0.1, -0.05) is 18.2 Å². The number of hydrogen-bond acceptors (Lipinski definition) is 3. The number of halogens is 3. The average molecular weight is 352 g/mol. The van der Waals surface area contributed by atoms with E-state index in [4.69, 9.17) is 5.11 Å². The van der Waals surface area contributed by atoms with E-state index >= 15 is 0 Å². The zero-order valence-corrected chi connectivity index (χ0v) is 12.9. The van der Waals surface area contributed by atoms with E-state index in [2.05, 4.69) is 4.98 Å². The lowest BCUT2D eigenvalue weighted by Gasteiger charge is -2.51. The minimum atomic E-state index is -4.46. The summed E-state index contributed by atoms with van der Waals surface area (Å²) in [6.45, 7) is -0.0448. The molecular weight excluding hydrogens is 337 g/mol. The van der Waals surface area contributed by atoms with Crippen molar-refractivity contribution in [3.8, 4) is 0 Å². The van der Waals surface area contributed by atoms with E-state index in [9.17, 15) is 23.1 Å². The Bertz CT molecular complexity index is 757. The Morgan fingerprint density at radius 2 is 1.80 bits per heavy atom. The van der Waals surface area contributed by atoms with Crippen LogP contribution >= 0.6 is 0 Å². The molecule has 0 aliphatic carbocycles. The maximum atomic E-state index is 12.8. The first-order valence-corrected chi connectivity index (χ1v) is 7.49. The van der Waals surface area contributed by atoms with E-state index in [1.54, 1.807) is 18.2 Å². The molecule has 1 amide bonds. The normalized spacial score (nSPS) is 17.7. The van der Waals surface area contributed by atoms with Gasteiger partial charge >= 0.3 is 12.3 Å². The SMILES string of the molecule is O=C(O)N1CC(c2ccc(C(F)(F)F)cc2)(C(O)c2ccccn2)C1. The van der Waals surface area contributed by atoms with Crippen molar-refractivity contribution < 1.29 is 28.2 Å². The van der Waals surface area contributed by atoms with Crippen LogP contribution in [0.25, 0.3) is 0 Å². The lowest BCUT2D eigenvalue weighted by Crippen LogP contribution is -2.63. The highest BCUT2D eigenvalue weighted by Gasteiger charge is 2.52. The molecule has 0 spiro atoms. The Morgan fingerprint density at radius 1 is 1.16 bits per heavy atom. The molecule has 1 aromatic heterocycles. The van der Waals surface area contributed by atoms with E-state index in [1.165, 1.54) is 18.3 Å². The van der Waals surface area contributed by atoms with Gasteiger partial charge in [-0.2, -0.15) is 13.2 Å². The fourth-order valence-corrected chi connectivity index (χ4v) is 3.10. The number of likely N-dealkylation sites (tertiary alicyclic amines) is 1. The van der Waals surface area contributed by atoms with E-state index in [1.807, 2.05) is 0 Å². The Hall–Kier alpha value is -2.61. The number of carboxylic acid groups (broad SMARTS) is 1. The third-order valence-electron chi connectivity index (χ3n) is 4.50. The van der Waals surface area contributed by atoms with Crippen molar-refractivity contribution in [2.45, 2.75) is 17.7 Å². The van der Waals surface area contributed by atoms with Crippen LogP contribution in [0, 0.1) is 0 Å². The van der Waals surface area contributed by atoms with Crippen LogP contribution in [0.15, 0.2) is 48.7 Å². The van der Waals surface area contributed by atoms with Crippen molar-refractivity contribution in [3.05, 3.63) is 65.5 Å². The summed E-state index contributed by atoms with van der Waals surface area (Å²) in [4.78, 5) is 16.3. The highest BCUT2D eigenvalue weighted by atomic mass is 19.4. The van der Waals surface area contributed by atoms with Crippen LogP contribution in [0.1, 0.15) is 22.9 Å². The van der Waals surface area contributed by atoms with Gasteiger partial charge in [0.15, 0.2) is 0 Å². The summed E-state index contributed by atoms with van der Waals surface area (Å²) in [5.41, 5.74) is -1.05. The number of hydrogen-bond donors (Lipinski definition) is 2. The van der Waals surface area contributed by atoms with Gasteiger partial charge in [0.2, 0.25) is 0 Å². The van der Waals surface area contributed by atoms with Gasteiger partial charge in [0.1, 0.15) is 6.10 Å². The second kappa shape index (κ2) is 6.03. The van der Waals surface area contributed by atoms with Crippen molar-refractivity contribution >= 4 is 6.09 Å². The summed E-state index contributed by atoms with van der Waals surface area (Å²) in [5, 5.41) is 19.9. The molecule has 2 aromatic rings. The molecule has 3 rings (SSSR count).